The Labute approximate surface area is 133 Å². The topological polar surface area (TPSA) is 98.0 Å². The second-order valence-electron chi connectivity index (χ2n) is 3.70. The van der Waals surface area contributed by atoms with Crippen LogP contribution in [0.15, 0.2) is 24.5 Å². The summed E-state index contributed by atoms with van der Waals surface area (Å²) in [7, 11) is 0. The highest BCUT2D eigenvalue weighted by Crippen LogP contribution is 2.27. The molecule has 108 valence electrons. The first-order valence-electron chi connectivity index (χ1n) is 5.31. The highest BCUT2D eigenvalue weighted by Gasteiger charge is 2.17. The Morgan fingerprint density at radius 1 is 1.24 bits per heavy atom. The van der Waals surface area contributed by atoms with Crippen LogP contribution in [0.25, 0.3) is 0 Å². The van der Waals surface area contributed by atoms with Gasteiger partial charge in [-0.15, -0.1) is 0 Å². The van der Waals surface area contributed by atoms with E-state index in [4.69, 9.17) is 34.8 Å². The van der Waals surface area contributed by atoms with Gasteiger partial charge >= 0.3 is 0 Å². The molecule has 1 heterocycles. The summed E-state index contributed by atoms with van der Waals surface area (Å²) in [5, 5.41) is 12.9. The molecule has 10 heteroatoms. The number of hydrogen-bond donors (Lipinski definition) is 1. The molecule has 0 unspecified atom stereocenters. The zero-order valence-electron chi connectivity index (χ0n) is 10.0. The first-order valence-corrected chi connectivity index (χ1v) is 6.45. The number of amides is 1. The molecule has 7 nitrogen and oxygen atoms in total. The van der Waals surface area contributed by atoms with Crippen LogP contribution in [0.5, 0.6) is 0 Å². The number of carbonyl (C=O) groups excluding carboxylic acids is 1. The van der Waals surface area contributed by atoms with E-state index in [1.54, 1.807) is 0 Å². The summed E-state index contributed by atoms with van der Waals surface area (Å²) in [5.74, 6) is -0.570. The zero-order chi connectivity index (χ0) is 15.6. The van der Waals surface area contributed by atoms with Gasteiger partial charge < -0.3 is 5.32 Å². The number of benzene rings is 1. The molecular formula is C11H5Cl3N4O3. The first-order chi connectivity index (χ1) is 9.90. The fraction of sp³-hybridized carbons (Fsp3) is 0. The summed E-state index contributed by atoms with van der Waals surface area (Å²) < 4.78 is 0. The summed E-state index contributed by atoms with van der Waals surface area (Å²) >= 11 is 17.3. The number of nitro benzene ring substituents is 1. The van der Waals surface area contributed by atoms with Crippen molar-refractivity contribution in [2.24, 2.45) is 0 Å². The molecule has 1 N–H and O–H groups in total. The van der Waals surface area contributed by atoms with Crippen molar-refractivity contribution in [3.8, 4) is 0 Å². The minimum atomic E-state index is -0.648. The van der Waals surface area contributed by atoms with Crippen LogP contribution in [-0.4, -0.2) is 20.8 Å². The third-order valence-corrected chi connectivity index (χ3v) is 3.43. The predicted octanol–water partition coefficient (Wildman–Crippen LogP) is 3.60. The Morgan fingerprint density at radius 3 is 2.57 bits per heavy atom. The summed E-state index contributed by atoms with van der Waals surface area (Å²) in [4.78, 5) is 29.4. The van der Waals surface area contributed by atoms with Crippen LogP contribution in [0.2, 0.25) is 15.2 Å². The fourth-order valence-electron chi connectivity index (χ4n) is 1.41. The average Bonchev–Trinajstić information content (AvgIpc) is 2.43. The Morgan fingerprint density at radius 2 is 1.95 bits per heavy atom. The number of nitro groups is 1. The lowest BCUT2D eigenvalue weighted by atomic mass is 10.2. The largest absolute Gasteiger partial charge is 0.305 e. The second-order valence-corrected chi connectivity index (χ2v) is 4.85. The third-order valence-electron chi connectivity index (χ3n) is 2.39. The lowest BCUT2D eigenvalue weighted by Gasteiger charge is -2.06. The number of nitrogens with zero attached hydrogens (tertiary/aromatic N) is 3. The molecule has 0 bridgehead atoms. The van der Waals surface area contributed by atoms with Crippen LogP contribution in [-0.2, 0) is 0 Å². The van der Waals surface area contributed by atoms with Crippen LogP contribution < -0.4 is 5.32 Å². The maximum absolute atomic E-state index is 12.0. The molecule has 0 saturated carbocycles. The van der Waals surface area contributed by atoms with Crippen LogP contribution >= 0.6 is 34.8 Å². The normalized spacial score (nSPS) is 10.2. The number of halogens is 3. The van der Waals surface area contributed by atoms with Crippen LogP contribution in [0.1, 0.15) is 10.4 Å². The molecule has 1 aromatic heterocycles. The maximum atomic E-state index is 12.0. The van der Waals surface area contributed by atoms with E-state index in [0.717, 1.165) is 12.4 Å². The van der Waals surface area contributed by atoms with Gasteiger partial charge in [0.2, 0.25) is 0 Å². The van der Waals surface area contributed by atoms with Gasteiger partial charge in [0.05, 0.1) is 4.92 Å². The lowest BCUT2D eigenvalue weighted by Crippen LogP contribution is -2.13. The molecule has 1 amide bonds. The Hall–Kier alpha value is -1.96. The summed E-state index contributed by atoms with van der Waals surface area (Å²) in [6.07, 6.45) is 1.13. The molecule has 0 aliphatic heterocycles. The smallest absolute Gasteiger partial charge is 0.287 e. The van der Waals surface area contributed by atoms with Gasteiger partial charge in [0.1, 0.15) is 16.4 Å². The molecule has 2 rings (SSSR count). The van der Waals surface area contributed by atoms with E-state index >= 15 is 0 Å². The Balaban J connectivity index is 2.27. The molecule has 0 spiro atoms. The van der Waals surface area contributed by atoms with E-state index in [1.165, 1.54) is 12.1 Å². The van der Waals surface area contributed by atoms with Crippen molar-refractivity contribution >= 4 is 52.2 Å². The molecule has 0 saturated heterocycles. The van der Waals surface area contributed by atoms with Crippen molar-refractivity contribution in [1.29, 1.82) is 0 Å². The summed E-state index contributed by atoms with van der Waals surface area (Å²) in [6, 6.07) is 3.56. The molecule has 21 heavy (non-hydrogen) atoms. The van der Waals surface area contributed by atoms with E-state index < -0.39 is 10.8 Å². The highest BCUT2D eigenvalue weighted by molar-refractivity contribution is 6.43. The van der Waals surface area contributed by atoms with Crippen LogP contribution in [0.3, 0.4) is 0 Å². The number of carbonyl (C=O) groups is 1. The summed E-state index contributed by atoms with van der Waals surface area (Å²) in [6.45, 7) is 0. The minimum absolute atomic E-state index is 0.0105. The Kier molecular flexibility index (Phi) is 4.56. The number of rotatable bonds is 3. The SMILES string of the molecule is O=C(Nc1ncnc(Cl)c1Cl)c1ccc([N+](=O)[O-])c(Cl)c1. The van der Waals surface area contributed by atoms with E-state index in [0.29, 0.717) is 0 Å². The van der Waals surface area contributed by atoms with Gasteiger partial charge in [-0.25, -0.2) is 9.97 Å². The molecule has 2 aromatic rings. The minimum Gasteiger partial charge on any atom is -0.305 e. The van der Waals surface area contributed by atoms with E-state index in [2.05, 4.69) is 15.3 Å². The van der Waals surface area contributed by atoms with Crippen molar-refractivity contribution in [1.82, 2.24) is 9.97 Å². The van der Waals surface area contributed by atoms with E-state index in [9.17, 15) is 14.9 Å². The third kappa shape index (κ3) is 3.38. The van der Waals surface area contributed by atoms with Gasteiger partial charge in [-0.3, -0.25) is 14.9 Å². The van der Waals surface area contributed by atoms with Gasteiger partial charge in [0, 0.05) is 11.6 Å². The molecular weight excluding hydrogens is 343 g/mol. The van der Waals surface area contributed by atoms with Crippen LogP contribution in [0, 0.1) is 10.1 Å². The molecule has 1 aromatic carbocycles. The highest BCUT2D eigenvalue weighted by atomic mass is 35.5. The zero-order valence-corrected chi connectivity index (χ0v) is 12.3. The monoisotopic (exact) mass is 346 g/mol. The van der Waals surface area contributed by atoms with E-state index in [-0.39, 0.29) is 32.3 Å². The fourth-order valence-corrected chi connectivity index (χ4v) is 1.94. The van der Waals surface area contributed by atoms with Crippen molar-refractivity contribution in [3.63, 3.8) is 0 Å². The quantitative estimate of drug-likeness (QED) is 0.519. The van der Waals surface area contributed by atoms with Crippen molar-refractivity contribution in [2.45, 2.75) is 0 Å². The average molecular weight is 348 g/mol. The van der Waals surface area contributed by atoms with Crippen LogP contribution in [0.4, 0.5) is 11.5 Å². The number of anilines is 1. The molecule has 0 aliphatic carbocycles. The maximum Gasteiger partial charge on any atom is 0.287 e. The Bertz CT molecular complexity index is 739. The number of aromatic nitrogens is 2. The summed E-state index contributed by atoms with van der Waals surface area (Å²) in [5.41, 5.74) is -0.187. The number of hydrogen-bond acceptors (Lipinski definition) is 5. The van der Waals surface area contributed by atoms with Gasteiger partial charge in [0.15, 0.2) is 11.0 Å². The van der Waals surface area contributed by atoms with Crippen molar-refractivity contribution in [2.75, 3.05) is 5.32 Å². The van der Waals surface area contributed by atoms with Gasteiger partial charge in [0.25, 0.3) is 11.6 Å². The van der Waals surface area contributed by atoms with E-state index in [1.807, 2.05) is 0 Å². The molecule has 0 radical (unpaired) electrons. The number of nitrogens with one attached hydrogen (secondary N) is 1. The predicted molar refractivity (Wildman–Crippen MR) is 78.1 cm³/mol. The molecule has 0 atom stereocenters. The first kappa shape index (κ1) is 15.4. The van der Waals surface area contributed by atoms with Crippen molar-refractivity contribution in [3.05, 3.63) is 55.4 Å². The standard InChI is InChI=1S/C11H5Cl3N4O3/c12-6-3-5(1-2-7(6)18(20)21)11(19)17-10-8(13)9(14)15-4-16-10/h1-4H,(H,15,16,17,19). The van der Waals surface area contributed by atoms with Gasteiger partial charge in [-0.1, -0.05) is 34.8 Å². The van der Waals surface area contributed by atoms with Crippen molar-refractivity contribution < 1.29 is 9.72 Å². The van der Waals surface area contributed by atoms with Gasteiger partial charge in [-0.2, -0.15) is 0 Å². The lowest BCUT2D eigenvalue weighted by molar-refractivity contribution is -0.384. The second kappa shape index (κ2) is 6.21. The molecule has 0 fully saturated rings. The molecule has 0 aliphatic rings. The van der Waals surface area contributed by atoms with Gasteiger partial charge in [-0.05, 0) is 12.1 Å².